The van der Waals surface area contributed by atoms with Gasteiger partial charge in [-0.3, -0.25) is 9.69 Å². The minimum Gasteiger partial charge on any atom is -0.337 e. The van der Waals surface area contributed by atoms with E-state index in [2.05, 4.69) is 22.8 Å². The first kappa shape index (κ1) is 11.4. The van der Waals surface area contributed by atoms with Crippen molar-refractivity contribution >= 4 is 24.5 Å². The summed E-state index contributed by atoms with van der Waals surface area (Å²) < 4.78 is 5.08. The maximum Gasteiger partial charge on any atom is 0.272 e. The zero-order valence-electron chi connectivity index (χ0n) is 9.38. The molecule has 0 radical (unpaired) electrons. The number of hydrogen-bond donors (Lipinski definition) is 1. The first-order valence-corrected chi connectivity index (χ1v) is 6.00. The van der Waals surface area contributed by atoms with E-state index in [1.54, 1.807) is 4.90 Å². The molecule has 6 heteroatoms. The van der Waals surface area contributed by atoms with Gasteiger partial charge in [0.15, 0.2) is 0 Å². The molecular weight excluding hydrogens is 226 g/mol. The predicted molar refractivity (Wildman–Crippen MR) is 62.7 cm³/mol. The Bertz CT molecular complexity index is 391. The highest BCUT2D eigenvalue weighted by molar-refractivity contribution is 7.80. The van der Waals surface area contributed by atoms with Gasteiger partial charge in [0.2, 0.25) is 11.8 Å². The van der Waals surface area contributed by atoms with Crippen LogP contribution in [0.4, 0.5) is 5.95 Å². The van der Waals surface area contributed by atoms with Gasteiger partial charge in [-0.05, 0) is 16.8 Å². The maximum absolute atomic E-state index is 11.7. The molecule has 0 spiro atoms. The third-order valence-corrected chi connectivity index (χ3v) is 3.15. The van der Waals surface area contributed by atoms with Gasteiger partial charge in [-0.15, -0.1) is 0 Å². The van der Waals surface area contributed by atoms with Crippen molar-refractivity contribution in [3.63, 3.8) is 0 Å². The average Bonchev–Trinajstić information content (AvgIpc) is 2.83. The summed E-state index contributed by atoms with van der Waals surface area (Å²) in [5.41, 5.74) is 0. The molecule has 5 nitrogen and oxygen atoms in total. The van der Waals surface area contributed by atoms with Crippen LogP contribution in [0.1, 0.15) is 32.1 Å². The molecule has 1 aromatic heterocycles. The van der Waals surface area contributed by atoms with Gasteiger partial charge in [-0.2, -0.15) is 17.6 Å². The summed E-state index contributed by atoms with van der Waals surface area (Å²) in [5, 5.41) is 3.83. The Morgan fingerprint density at radius 2 is 2.38 bits per heavy atom. The van der Waals surface area contributed by atoms with Gasteiger partial charge in [0.25, 0.3) is 5.95 Å². The highest BCUT2D eigenvalue weighted by Crippen LogP contribution is 2.24. The molecule has 1 atom stereocenters. The summed E-state index contributed by atoms with van der Waals surface area (Å²) in [7, 11) is 0. The van der Waals surface area contributed by atoms with Crippen molar-refractivity contribution in [2.45, 2.75) is 26.2 Å². The number of aromatic nitrogens is 2. The zero-order valence-corrected chi connectivity index (χ0v) is 10.3. The molecule has 0 bridgehead atoms. The summed E-state index contributed by atoms with van der Waals surface area (Å²) >= 11 is 4.20. The third-order valence-electron chi connectivity index (χ3n) is 2.63. The first-order valence-electron chi connectivity index (χ1n) is 5.36. The largest absolute Gasteiger partial charge is 0.337 e. The van der Waals surface area contributed by atoms with E-state index in [4.69, 9.17) is 4.52 Å². The van der Waals surface area contributed by atoms with Crippen LogP contribution in [0.5, 0.6) is 0 Å². The van der Waals surface area contributed by atoms with Crippen molar-refractivity contribution in [2.24, 2.45) is 5.92 Å². The third kappa shape index (κ3) is 2.07. The van der Waals surface area contributed by atoms with Crippen LogP contribution >= 0.6 is 12.6 Å². The van der Waals surface area contributed by atoms with Crippen LogP contribution in [0.2, 0.25) is 0 Å². The Labute approximate surface area is 99.6 Å². The van der Waals surface area contributed by atoms with E-state index in [0.29, 0.717) is 30.6 Å². The van der Waals surface area contributed by atoms with Gasteiger partial charge in [-0.1, -0.05) is 13.8 Å². The monoisotopic (exact) mass is 241 g/mol. The number of nitrogens with zero attached hydrogens (tertiary/aromatic N) is 3. The van der Waals surface area contributed by atoms with Crippen LogP contribution in [-0.2, 0) is 4.79 Å². The quantitative estimate of drug-likeness (QED) is 0.814. The fourth-order valence-corrected chi connectivity index (χ4v) is 1.91. The van der Waals surface area contributed by atoms with Crippen molar-refractivity contribution in [2.75, 3.05) is 17.2 Å². The maximum atomic E-state index is 11.7. The first-order chi connectivity index (χ1) is 7.61. The lowest BCUT2D eigenvalue weighted by Gasteiger charge is -2.09. The van der Waals surface area contributed by atoms with Crippen LogP contribution in [0, 0.1) is 5.92 Å². The van der Waals surface area contributed by atoms with Crippen molar-refractivity contribution in [3.8, 4) is 0 Å². The standard InChI is InChI=1S/C10H15N3O2S/c1-6(2)9-11-10(12-15-9)13-4-7(5-16)3-8(13)14/h6-7,16H,3-5H2,1-2H3. The molecule has 1 unspecified atom stereocenters. The molecule has 1 amide bonds. The second-order valence-corrected chi connectivity index (χ2v) is 4.71. The minimum absolute atomic E-state index is 0.0511. The van der Waals surface area contributed by atoms with Gasteiger partial charge < -0.3 is 4.52 Å². The van der Waals surface area contributed by atoms with E-state index in [0.717, 1.165) is 0 Å². The van der Waals surface area contributed by atoms with E-state index >= 15 is 0 Å². The van der Waals surface area contributed by atoms with E-state index in [1.165, 1.54) is 0 Å². The second kappa shape index (κ2) is 4.45. The van der Waals surface area contributed by atoms with Gasteiger partial charge in [0.05, 0.1) is 0 Å². The molecule has 0 N–H and O–H groups in total. The molecule has 1 aromatic rings. The Morgan fingerprint density at radius 1 is 1.62 bits per heavy atom. The number of anilines is 1. The molecule has 1 aliphatic heterocycles. The zero-order chi connectivity index (χ0) is 11.7. The highest BCUT2D eigenvalue weighted by Gasteiger charge is 2.32. The smallest absolute Gasteiger partial charge is 0.272 e. The van der Waals surface area contributed by atoms with Crippen LogP contribution in [0.15, 0.2) is 4.52 Å². The summed E-state index contributed by atoms with van der Waals surface area (Å²) in [4.78, 5) is 17.5. The van der Waals surface area contributed by atoms with Crippen molar-refractivity contribution in [3.05, 3.63) is 5.89 Å². The summed E-state index contributed by atoms with van der Waals surface area (Å²) in [6.45, 7) is 4.58. The molecule has 1 saturated heterocycles. The van der Waals surface area contributed by atoms with E-state index in [1.807, 2.05) is 13.8 Å². The van der Waals surface area contributed by atoms with Crippen molar-refractivity contribution < 1.29 is 9.32 Å². The molecule has 2 heterocycles. The van der Waals surface area contributed by atoms with E-state index in [9.17, 15) is 4.79 Å². The highest BCUT2D eigenvalue weighted by atomic mass is 32.1. The molecular formula is C10H15N3O2S. The number of amides is 1. The predicted octanol–water partition coefficient (Wildman–Crippen LogP) is 1.48. The number of carbonyl (C=O) groups is 1. The Kier molecular flexibility index (Phi) is 3.18. The van der Waals surface area contributed by atoms with Gasteiger partial charge in [0, 0.05) is 18.9 Å². The fraction of sp³-hybridized carbons (Fsp3) is 0.700. The Morgan fingerprint density at radius 3 is 2.88 bits per heavy atom. The molecule has 0 saturated carbocycles. The SMILES string of the molecule is CC(C)c1nc(N2CC(CS)CC2=O)no1. The van der Waals surface area contributed by atoms with Crippen LogP contribution < -0.4 is 4.90 Å². The van der Waals surface area contributed by atoms with Gasteiger partial charge in [-0.25, -0.2) is 0 Å². The number of carbonyl (C=O) groups excluding carboxylic acids is 1. The molecule has 2 rings (SSSR count). The second-order valence-electron chi connectivity index (χ2n) is 4.34. The summed E-state index contributed by atoms with van der Waals surface area (Å²) in [6, 6.07) is 0. The summed E-state index contributed by atoms with van der Waals surface area (Å²) in [6.07, 6.45) is 0.523. The minimum atomic E-state index is 0.0511. The van der Waals surface area contributed by atoms with Crippen molar-refractivity contribution in [1.82, 2.24) is 10.1 Å². The lowest BCUT2D eigenvalue weighted by atomic mass is 10.1. The number of rotatable bonds is 3. The molecule has 0 aromatic carbocycles. The Hall–Kier alpha value is -1.04. The van der Waals surface area contributed by atoms with Crippen LogP contribution in [0.3, 0.4) is 0 Å². The van der Waals surface area contributed by atoms with Crippen LogP contribution in [-0.4, -0.2) is 28.3 Å². The molecule has 88 valence electrons. The molecule has 16 heavy (non-hydrogen) atoms. The van der Waals surface area contributed by atoms with Gasteiger partial charge in [0.1, 0.15) is 0 Å². The normalized spacial score (nSPS) is 21.1. The van der Waals surface area contributed by atoms with Gasteiger partial charge >= 0.3 is 0 Å². The molecule has 1 fully saturated rings. The number of hydrogen-bond acceptors (Lipinski definition) is 5. The van der Waals surface area contributed by atoms with Crippen LogP contribution in [0.25, 0.3) is 0 Å². The lowest BCUT2D eigenvalue weighted by molar-refractivity contribution is -0.117. The summed E-state index contributed by atoms with van der Waals surface area (Å²) in [5.74, 6) is 2.18. The van der Waals surface area contributed by atoms with E-state index in [-0.39, 0.29) is 17.7 Å². The average molecular weight is 241 g/mol. The molecule has 0 aliphatic carbocycles. The van der Waals surface area contributed by atoms with E-state index < -0.39 is 0 Å². The lowest BCUT2D eigenvalue weighted by Crippen LogP contribution is -2.25. The fourth-order valence-electron chi connectivity index (χ4n) is 1.67. The number of thiol groups is 1. The Balaban J connectivity index is 2.15. The van der Waals surface area contributed by atoms with Crippen molar-refractivity contribution in [1.29, 1.82) is 0 Å². The molecule has 1 aliphatic rings. The topological polar surface area (TPSA) is 59.2 Å².